The molecule has 0 aliphatic heterocycles. The van der Waals surface area contributed by atoms with Crippen LogP contribution in [0.15, 0.2) is 24.3 Å². The maximum absolute atomic E-state index is 12.0. The predicted octanol–water partition coefficient (Wildman–Crippen LogP) is 1.10. The number of hydrogen-bond acceptors (Lipinski definition) is 5. The number of hydrogen-bond donors (Lipinski definition) is 2. The zero-order valence-corrected chi connectivity index (χ0v) is 11.3. The molecule has 7 nitrogen and oxygen atoms in total. The first-order chi connectivity index (χ1) is 9.93. The molecule has 0 saturated carbocycles. The third kappa shape index (κ3) is 5.32. The van der Waals surface area contributed by atoms with Crippen molar-refractivity contribution in [2.75, 3.05) is 0 Å². The van der Waals surface area contributed by atoms with Crippen LogP contribution in [0.1, 0.15) is 30.1 Å². The summed E-state index contributed by atoms with van der Waals surface area (Å²) in [6.45, 7) is 1.23. The van der Waals surface area contributed by atoms with Gasteiger partial charge in [0.05, 0.1) is 6.07 Å². The van der Waals surface area contributed by atoms with E-state index in [-0.39, 0.29) is 24.2 Å². The SMILES string of the molecule is CC(=O)Oc1cccc(C(=O)N[C@H](CCC#N)C(=O)O)c1. The highest BCUT2D eigenvalue weighted by atomic mass is 16.5. The van der Waals surface area contributed by atoms with Gasteiger partial charge in [-0.25, -0.2) is 4.79 Å². The molecule has 0 aromatic heterocycles. The van der Waals surface area contributed by atoms with Crippen molar-refractivity contribution in [3.63, 3.8) is 0 Å². The van der Waals surface area contributed by atoms with Crippen molar-refractivity contribution in [1.82, 2.24) is 5.32 Å². The summed E-state index contributed by atoms with van der Waals surface area (Å²) in [5.41, 5.74) is 0.164. The van der Waals surface area contributed by atoms with Crippen molar-refractivity contribution in [1.29, 1.82) is 5.26 Å². The molecule has 0 aliphatic rings. The van der Waals surface area contributed by atoms with E-state index in [0.29, 0.717) is 0 Å². The number of carboxylic acid groups (broad SMARTS) is 1. The summed E-state index contributed by atoms with van der Waals surface area (Å²) in [6, 6.07) is 6.49. The van der Waals surface area contributed by atoms with Crippen LogP contribution in [0.3, 0.4) is 0 Å². The van der Waals surface area contributed by atoms with Gasteiger partial charge in [-0.05, 0) is 24.6 Å². The highest BCUT2D eigenvalue weighted by molar-refractivity contribution is 5.97. The molecule has 0 spiro atoms. The zero-order valence-electron chi connectivity index (χ0n) is 11.3. The first kappa shape index (κ1) is 16.2. The number of benzene rings is 1. The molecule has 1 atom stereocenters. The number of carbonyl (C=O) groups is 3. The third-order valence-corrected chi connectivity index (χ3v) is 2.51. The second-order valence-electron chi connectivity index (χ2n) is 4.18. The fourth-order valence-corrected chi connectivity index (χ4v) is 1.57. The quantitative estimate of drug-likeness (QED) is 0.598. The largest absolute Gasteiger partial charge is 0.480 e. The molecular formula is C14H14N2O5. The molecule has 1 aromatic carbocycles. The topological polar surface area (TPSA) is 116 Å². The molecule has 1 amide bonds. The lowest BCUT2D eigenvalue weighted by Crippen LogP contribution is -2.40. The summed E-state index contributed by atoms with van der Waals surface area (Å²) in [7, 11) is 0. The molecule has 1 aromatic rings. The number of nitrogens with zero attached hydrogens (tertiary/aromatic N) is 1. The van der Waals surface area contributed by atoms with E-state index in [2.05, 4.69) is 5.32 Å². The molecule has 7 heteroatoms. The Morgan fingerprint density at radius 3 is 2.71 bits per heavy atom. The van der Waals surface area contributed by atoms with Crippen molar-refractivity contribution in [3.05, 3.63) is 29.8 Å². The maximum Gasteiger partial charge on any atom is 0.326 e. The minimum Gasteiger partial charge on any atom is -0.480 e. The Hall–Kier alpha value is -2.88. The Morgan fingerprint density at radius 2 is 2.14 bits per heavy atom. The summed E-state index contributed by atoms with van der Waals surface area (Å²) in [6.07, 6.45) is 0.0337. The van der Waals surface area contributed by atoms with Crippen LogP contribution in [0.4, 0.5) is 0 Å². The summed E-state index contributed by atoms with van der Waals surface area (Å²) in [4.78, 5) is 33.8. The molecule has 0 saturated heterocycles. The molecule has 0 heterocycles. The number of carbonyl (C=O) groups excluding carboxylic acids is 2. The van der Waals surface area contributed by atoms with E-state index < -0.39 is 23.9 Å². The Kier molecular flexibility index (Phi) is 5.89. The highest BCUT2D eigenvalue weighted by Gasteiger charge is 2.20. The minimum absolute atomic E-state index is 0.0151. The van der Waals surface area contributed by atoms with Crippen molar-refractivity contribution in [2.24, 2.45) is 0 Å². The summed E-state index contributed by atoms with van der Waals surface area (Å²) < 4.78 is 4.84. The smallest absolute Gasteiger partial charge is 0.326 e. The van der Waals surface area contributed by atoms with Crippen LogP contribution in [0, 0.1) is 11.3 Å². The zero-order chi connectivity index (χ0) is 15.8. The van der Waals surface area contributed by atoms with Gasteiger partial charge >= 0.3 is 11.9 Å². The second kappa shape index (κ2) is 7.65. The van der Waals surface area contributed by atoms with Gasteiger partial charge in [0.25, 0.3) is 5.91 Å². The molecule has 0 fully saturated rings. The highest BCUT2D eigenvalue weighted by Crippen LogP contribution is 2.14. The Morgan fingerprint density at radius 1 is 1.43 bits per heavy atom. The average Bonchev–Trinajstić information content (AvgIpc) is 2.42. The molecule has 0 bridgehead atoms. The van der Waals surface area contributed by atoms with E-state index in [0.717, 1.165) is 0 Å². The van der Waals surface area contributed by atoms with Gasteiger partial charge in [-0.15, -0.1) is 0 Å². The van der Waals surface area contributed by atoms with Gasteiger partial charge < -0.3 is 15.2 Å². The third-order valence-electron chi connectivity index (χ3n) is 2.51. The Balaban J connectivity index is 2.80. The number of esters is 1. The van der Waals surface area contributed by atoms with Gasteiger partial charge in [0.1, 0.15) is 11.8 Å². The molecule has 2 N–H and O–H groups in total. The molecule has 0 aliphatic carbocycles. The van der Waals surface area contributed by atoms with E-state index in [1.54, 1.807) is 0 Å². The fraction of sp³-hybridized carbons (Fsp3) is 0.286. The Labute approximate surface area is 121 Å². The van der Waals surface area contributed by atoms with E-state index in [1.807, 2.05) is 6.07 Å². The van der Waals surface area contributed by atoms with Gasteiger partial charge in [-0.3, -0.25) is 9.59 Å². The van der Waals surface area contributed by atoms with Crippen molar-refractivity contribution >= 4 is 17.8 Å². The van der Waals surface area contributed by atoms with Crippen molar-refractivity contribution < 1.29 is 24.2 Å². The number of carboxylic acids is 1. The monoisotopic (exact) mass is 290 g/mol. The number of amides is 1. The molecule has 110 valence electrons. The molecule has 0 radical (unpaired) electrons. The molecular weight excluding hydrogens is 276 g/mol. The normalized spacial score (nSPS) is 11.0. The number of aliphatic carboxylic acids is 1. The average molecular weight is 290 g/mol. The van der Waals surface area contributed by atoms with Crippen LogP contribution in [0.25, 0.3) is 0 Å². The maximum atomic E-state index is 12.0. The van der Waals surface area contributed by atoms with E-state index in [4.69, 9.17) is 15.1 Å². The summed E-state index contributed by atoms with van der Waals surface area (Å²) in [5, 5.41) is 19.8. The number of nitrogens with one attached hydrogen (secondary N) is 1. The summed E-state index contributed by atoms with van der Waals surface area (Å²) >= 11 is 0. The first-order valence-corrected chi connectivity index (χ1v) is 6.13. The van der Waals surface area contributed by atoms with Gasteiger partial charge in [-0.2, -0.15) is 5.26 Å². The number of ether oxygens (including phenoxy) is 1. The van der Waals surface area contributed by atoms with Crippen LogP contribution in [0.2, 0.25) is 0 Å². The number of rotatable bonds is 6. The van der Waals surface area contributed by atoms with E-state index >= 15 is 0 Å². The fourth-order valence-electron chi connectivity index (χ4n) is 1.57. The van der Waals surface area contributed by atoms with Crippen LogP contribution in [-0.4, -0.2) is 29.0 Å². The molecule has 1 rings (SSSR count). The van der Waals surface area contributed by atoms with E-state index in [9.17, 15) is 14.4 Å². The van der Waals surface area contributed by atoms with Crippen molar-refractivity contribution in [2.45, 2.75) is 25.8 Å². The van der Waals surface area contributed by atoms with Gasteiger partial charge in [0.15, 0.2) is 0 Å². The van der Waals surface area contributed by atoms with Crippen LogP contribution in [-0.2, 0) is 9.59 Å². The predicted molar refractivity (Wildman–Crippen MR) is 71.5 cm³/mol. The van der Waals surface area contributed by atoms with Gasteiger partial charge in [-0.1, -0.05) is 6.07 Å². The second-order valence-corrected chi connectivity index (χ2v) is 4.18. The standard InChI is InChI=1S/C14H14N2O5/c1-9(17)21-11-5-2-4-10(8-11)13(18)16-12(14(19)20)6-3-7-15/h2,4-5,8,12H,3,6H2,1H3,(H,16,18)(H,19,20)/t12-/m1/s1. The summed E-state index contributed by atoms with van der Waals surface area (Å²) in [5.74, 6) is -2.16. The van der Waals surface area contributed by atoms with Gasteiger partial charge in [0, 0.05) is 18.9 Å². The van der Waals surface area contributed by atoms with E-state index in [1.165, 1.54) is 31.2 Å². The lowest BCUT2D eigenvalue weighted by molar-refractivity contribution is -0.139. The van der Waals surface area contributed by atoms with Crippen molar-refractivity contribution in [3.8, 4) is 11.8 Å². The lowest BCUT2D eigenvalue weighted by atomic mass is 10.1. The molecule has 21 heavy (non-hydrogen) atoms. The minimum atomic E-state index is -1.21. The van der Waals surface area contributed by atoms with Gasteiger partial charge in [0.2, 0.25) is 0 Å². The Bertz CT molecular complexity index is 591. The number of nitriles is 1. The molecule has 0 unspecified atom stereocenters. The first-order valence-electron chi connectivity index (χ1n) is 6.13. The lowest BCUT2D eigenvalue weighted by Gasteiger charge is -2.13. The van der Waals surface area contributed by atoms with Crippen LogP contribution >= 0.6 is 0 Å². The van der Waals surface area contributed by atoms with Crippen LogP contribution < -0.4 is 10.1 Å². The van der Waals surface area contributed by atoms with Crippen LogP contribution in [0.5, 0.6) is 5.75 Å².